The number of imidazole rings is 1. The van der Waals surface area contributed by atoms with E-state index < -0.39 is 23.8 Å². The van der Waals surface area contributed by atoms with Crippen LogP contribution in [0, 0.1) is 12.8 Å². The second-order valence-corrected chi connectivity index (χ2v) is 7.56. The Morgan fingerprint density at radius 1 is 1.23 bits per heavy atom. The SMILES string of the molecule is Cc1nc(C(F)(F)F)cn1C(C)C(=O)N/C(CN)=C(/Nc1ccc(Cl)cc1)C(C)C. The minimum atomic E-state index is -4.58. The molecule has 1 aromatic heterocycles. The summed E-state index contributed by atoms with van der Waals surface area (Å²) in [5.41, 5.74) is 6.73. The maximum atomic E-state index is 12.9. The molecular formula is C20H25ClF3N5O. The van der Waals surface area contributed by atoms with Gasteiger partial charge < -0.3 is 20.9 Å². The van der Waals surface area contributed by atoms with Crippen LogP contribution in [-0.2, 0) is 11.0 Å². The van der Waals surface area contributed by atoms with Crippen molar-refractivity contribution in [3.8, 4) is 0 Å². The lowest BCUT2D eigenvalue weighted by atomic mass is 10.1. The highest BCUT2D eigenvalue weighted by Crippen LogP contribution is 2.29. The number of aryl methyl sites for hydroxylation is 1. The zero-order valence-electron chi connectivity index (χ0n) is 17.1. The number of allylic oxidation sites excluding steroid dienone is 1. The lowest BCUT2D eigenvalue weighted by Gasteiger charge is -2.22. The molecule has 0 spiro atoms. The molecule has 0 aliphatic heterocycles. The highest BCUT2D eigenvalue weighted by atomic mass is 35.5. The van der Waals surface area contributed by atoms with Crippen LogP contribution in [0.15, 0.2) is 41.9 Å². The van der Waals surface area contributed by atoms with Crippen molar-refractivity contribution < 1.29 is 18.0 Å². The number of nitrogens with two attached hydrogens (primary N) is 1. The van der Waals surface area contributed by atoms with Crippen LogP contribution in [0.25, 0.3) is 0 Å². The Kier molecular flexibility index (Phi) is 7.54. The van der Waals surface area contributed by atoms with Crippen LogP contribution in [0.5, 0.6) is 0 Å². The predicted octanol–water partition coefficient (Wildman–Crippen LogP) is 4.48. The number of alkyl halides is 3. The highest BCUT2D eigenvalue weighted by Gasteiger charge is 2.35. The van der Waals surface area contributed by atoms with Crippen LogP contribution in [-0.4, -0.2) is 22.0 Å². The molecule has 0 aliphatic rings. The number of nitrogens with one attached hydrogen (secondary N) is 2. The van der Waals surface area contributed by atoms with E-state index in [1.54, 1.807) is 24.3 Å². The third-order valence-electron chi connectivity index (χ3n) is 4.51. The fourth-order valence-electron chi connectivity index (χ4n) is 2.88. The average molecular weight is 444 g/mol. The van der Waals surface area contributed by atoms with Crippen LogP contribution >= 0.6 is 11.6 Å². The van der Waals surface area contributed by atoms with Crippen molar-refractivity contribution in [1.29, 1.82) is 0 Å². The highest BCUT2D eigenvalue weighted by molar-refractivity contribution is 6.30. The average Bonchev–Trinajstić information content (AvgIpc) is 3.07. The van der Waals surface area contributed by atoms with Gasteiger partial charge in [-0.3, -0.25) is 4.79 Å². The van der Waals surface area contributed by atoms with E-state index >= 15 is 0 Å². The fraction of sp³-hybridized carbons (Fsp3) is 0.400. The summed E-state index contributed by atoms with van der Waals surface area (Å²) in [7, 11) is 0. The quantitative estimate of drug-likeness (QED) is 0.589. The smallest absolute Gasteiger partial charge is 0.357 e. The van der Waals surface area contributed by atoms with Gasteiger partial charge in [0.15, 0.2) is 5.69 Å². The van der Waals surface area contributed by atoms with E-state index in [-0.39, 0.29) is 18.3 Å². The maximum absolute atomic E-state index is 12.9. The summed E-state index contributed by atoms with van der Waals surface area (Å²) >= 11 is 5.91. The van der Waals surface area contributed by atoms with Gasteiger partial charge in [-0.2, -0.15) is 13.2 Å². The van der Waals surface area contributed by atoms with Crippen LogP contribution in [0.1, 0.15) is 38.3 Å². The first-order valence-corrected chi connectivity index (χ1v) is 9.71. The molecule has 2 aromatic rings. The van der Waals surface area contributed by atoms with E-state index in [0.29, 0.717) is 16.4 Å². The largest absolute Gasteiger partial charge is 0.434 e. The molecular weight excluding hydrogens is 419 g/mol. The topological polar surface area (TPSA) is 85.0 Å². The maximum Gasteiger partial charge on any atom is 0.434 e. The predicted molar refractivity (Wildman–Crippen MR) is 111 cm³/mol. The molecule has 1 unspecified atom stereocenters. The van der Waals surface area contributed by atoms with Crippen molar-refractivity contribution in [2.45, 2.75) is 39.9 Å². The molecule has 4 N–H and O–H groups in total. The standard InChI is InChI=1S/C20H25ClF3N5O/c1-11(2)18(27-15-7-5-14(21)6-8-15)16(9-25)28-19(30)12(3)29-10-17(20(22,23)24)26-13(29)4/h5-8,10-12,27H,9,25H2,1-4H3,(H,28,30)/b18-16+. The van der Waals surface area contributed by atoms with E-state index in [2.05, 4.69) is 15.6 Å². The number of anilines is 1. The van der Waals surface area contributed by atoms with Gasteiger partial charge in [0.25, 0.3) is 0 Å². The number of rotatable bonds is 7. The first kappa shape index (κ1) is 23.8. The number of hydrogen-bond donors (Lipinski definition) is 3. The molecule has 0 saturated carbocycles. The Labute approximate surface area is 178 Å². The van der Waals surface area contributed by atoms with Crippen molar-refractivity contribution in [3.05, 3.63) is 58.4 Å². The molecule has 1 aromatic carbocycles. The molecule has 2 rings (SSSR count). The van der Waals surface area contributed by atoms with Crippen molar-refractivity contribution in [2.24, 2.45) is 11.7 Å². The molecule has 0 bridgehead atoms. The number of benzene rings is 1. The third kappa shape index (κ3) is 5.76. The summed E-state index contributed by atoms with van der Waals surface area (Å²) in [6.45, 7) is 6.81. The molecule has 10 heteroatoms. The second-order valence-electron chi connectivity index (χ2n) is 7.13. The number of nitrogens with zero attached hydrogens (tertiary/aromatic N) is 2. The molecule has 0 fully saturated rings. The number of amides is 1. The van der Waals surface area contributed by atoms with Gasteiger partial charge in [-0.25, -0.2) is 4.98 Å². The minimum absolute atomic E-state index is 0.0124. The third-order valence-corrected chi connectivity index (χ3v) is 4.76. The Hall–Kier alpha value is -2.52. The number of carbonyl (C=O) groups excluding carboxylic acids is 1. The van der Waals surface area contributed by atoms with Gasteiger partial charge >= 0.3 is 6.18 Å². The van der Waals surface area contributed by atoms with E-state index in [1.807, 2.05) is 13.8 Å². The van der Waals surface area contributed by atoms with Crippen LogP contribution in [0.2, 0.25) is 5.02 Å². The van der Waals surface area contributed by atoms with Gasteiger partial charge in [-0.05, 0) is 44.0 Å². The van der Waals surface area contributed by atoms with Crippen LogP contribution in [0.3, 0.4) is 0 Å². The molecule has 1 amide bonds. The number of halogens is 4. The minimum Gasteiger partial charge on any atom is -0.357 e. The zero-order chi connectivity index (χ0) is 22.6. The van der Waals surface area contributed by atoms with Crippen LogP contribution in [0.4, 0.5) is 18.9 Å². The normalized spacial score (nSPS) is 13.8. The summed E-state index contributed by atoms with van der Waals surface area (Å²) < 4.78 is 39.9. The fourth-order valence-corrected chi connectivity index (χ4v) is 3.01. The monoisotopic (exact) mass is 443 g/mol. The van der Waals surface area contributed by atoms with Gasteiger partial charge in [0.05, 0.1) is 5.70 Å². The first-order chi connectivity index (χ1) is 13.9. The van der Waals surface area contributed by atoms with E-state index in [4.69, 9.17) is 17.3 Å². The zero-order valence-corrected chi connectivity index (χ0v) is 17.9. The number of carbonyl (C=O) groups is 1. The number of aromatic nitrogens is 2. The molecule has 6 nitrogen and oxygen atoms in total. The van der Waals surface area contributed by atoms with E-state index in [9.17, 15) is 18.0 Å². The number of hydrogen-bond acceptors (Lipinski definition) is 4. The molecule has 164 valence electrons. The van der Waals surface area contributed by atoms with Crippen LogP contribution < -0.4 is 16.4 Å². The van der Waals surface area contributed by atoms with Gasteiger partial charge in [-0.1, -0.05) is 25.4 Å². The van der Waals surface area contributed by atoms with Gasteiger partial charge in [-0.15, -0.1) is 0 Å². The molecule has 1 heterocycles. The molecule has 0 radical (unpaired) electrons. The van der Waals surface area contributed by atoms with Crippen molar-refractivity contribution >= 4 is 23.2 Å². The molecule has 30 heavy (non-hydrogen) atoms. The Balaban J connectivity index is 2.27. The van der Waals surface area contributed by atoms with Crippen molar-refractivity contribution in [3.63, 3.8) is 0 Å². The van der Waals surface area contributed by atoms with Crippen molar-refractivity contribution in [2.75, 3.05) is 11.9 Å². The van der Waals surface area contributed by atoms with Gasteiger partial charge in [0.1, 0.15) is 11.9 Å². The summed E-state index contributed by atoms with van der Waals surface area (Å²) in [6, 6.07) is 6.11. The second kappa shape index (κ2) is 9.53. The van der Waals surface area contributed by atoms with E-state index in [0.717, 1.165) is 11.9 Å². The summed E-state index contributed by atoms with van der Waals surface area (Å²) in [5.74, 6) is -0.422. The summed E-state index contributed by atoms with van der Waals surface area (Å²) in [5, 5.41) is 6.57. The van der Waals surface area contributed by atoms with Gasteiger partial charge in [0, 0.05) is 29.1 Å². The molecule has 1 atom stereocenters. The lowest BCUT2D eigenvalue weighted by Crippen LogP contribution is -2.35. The lowest BCUT2D eigenvalue weighted by molar-refractivity contribution is -0.141. The summed E-state index contributed by atoms with van der Waals surface area (Å²) in [6.07, 6.45) is -3.75. The summed E-state index contributed by atoms with van der Waals surface area (Å²) in [4.78, 5) is 16.3. The Morgan fingerprint density at radius 2 is 1.83 bits per heavy atom. The Morgan fingerprint density at radius 3 is 2.30 bits per heavy atom. The Bertz CT molecular complexity index is 920. The van der Waals surface area contributed by atoms with E-state index in [1.165, 1.54) is 18.4 Å². The molecule has 0 saturated heterocycles. The molecule has 0 aliphatic carbocycles. The van der Waals surface area contributed by atoms with Crippen molar-refractivity contribution in [1.82, 2.24) is 14.9 Å². The first-order valence-electron chi connectivity index (χ1n) is 9.33. The van der Waals surface area contributed by atoms with Gasteiger partial charge in [0.2, 0.25) is 5.91 Å².